The number of aromatic nitrogens is 1. The molecule has 3 N–H and O–H groups in total. The topological polar surface area (TPSA) is 64.1 Å². The minimum Gasteiger partial charge on any atom is -0.464 e. The molecular formula is C16H17N3O. The van der Waals surface area contributed by atoms with E-state index in [9.17, 15) is 0 Å². The van der Waals surface area contributed by atoms with Crippen LogP contribution in [0.5, 0.6) is 0 Å². The second-order valence-electron chi connectivity index (χ2n) is 4.70. The van der Waals surface area contributed by atoms with Crippen LogP contribution in [0.3, 0.4) is 0 Å². The van der Waals surface area contributed by atoms with Gasteiger partial charge in [0.25, 0.3) is 0 Å². The largest absolute Gasteiger partial charge is 0.464 e. The van der Waals surface area contributed by atoms with E-state index in [1.54, 1.807) is 6.20 Å². The van der Waals surface area contributed by atoms with Crippen LogP contribution in [0.1, 0.15) is 30.0 Å². The highest BCUT2D eigenvalue weighted by Gasteiger charge is 2.18. The van der Waals surface area contributed by atoms with Crippen molar-refractivity contribution in [1.29, 1.82) is 0 Å². The van der Waals surface area contributed by atoms with E-state index in [4.69, 9.17) is 10.3 Å². The summed E-state index contributed by atoms with van der Waals surface area (Å²) >= 11 is 0. The number of pyridine rings is 1. The molecule has 0 bridgehead atoms. The molecule has 1 aromatic carbocycles. The summed E-state index contributed by atoms with van der Waals surface area (Å²) in [5.41, 5.74) is 3.91. The lowest BCUT2D eigenvalue weighted by Gasteiger charge is -2.16. The molecule has 20 heavy (non-hydrogen) atoms. The van der Waals surface area contributed by atoms with Gasteiger partial charge in [0.15, 0.2) is 0 Å². The van der Waals surface area contributed by atoms with Crippen molar-refractivity contribution in [2.75, 3.05) is 0 Å². The van der Waals surface area contributed by atoms with Crippen LogP contribution in [-0.2, 0) is 6.42 Å². The molecule has 1 atom stereocenters. The highest BCUT2D eigenvalue weighted by molar-refractivity contribution is 5.85. The monoisotopic (exact) mass is 267 g/mol. The first-order valence-corrected chi connectivity index (χ1v) is 6.71. The van der Waals surface area contributed by atoms with Gasteiger partial charge >= 0.3 is 0 Å². The Hall–Kier alpha value is -2.17. The number of hydrazine groups is 1. The molecule has 3 rings (SSSR count). The smallest absolute Gasteiger partial charge is 0.126 e. The number of nitrogens with zero attached hydrogens (tertiary/aromatic N) is 1. The summed E-state index contributed by atoms with van der Waals surface area (Å²) in [7, 11) is 0. The third kappa shape index (κ3) is 2.19. The van der Waals surface area contributed by atoms with Gasteiger partial charge in [0.05, 0.1) is 0 Å². The normalized spacial score (nSPS) is 12.7. The summed E-state index contributed by atoms with van der Waals surface area (Å²) in [6.45, 7) is 2.06. The quantitative estimate of drug-likeness (QED) is 0.563. The summed E-state index contributed by atoms with van der Waals surface area (Å²) in [4.78, 5) is 4.21. The number of hydrogen-bond donors (Lipinski definition) is 2. The third-order valence-electron chi connectivity index (χ3n) is 3.51. The Kier molecular flexibility index (Phi) is 3.50. The van der Waals surface area contributed by atoms with E-state index in [-0.39, 0.29) is 6.04 Å². The molecule has 102 valence electrons. The SMILES string of the molecule is CCc1ccc(C(NN)c2cccc3ccncc23)o1. The van der Waals surface area contributed by atoms with Crippen molar-refractivity contribution in [3.63, 3.8) is 0 Å². The number of nitrogens with two attached hydrogens (primary N) is 1. The Bertz CT molecular complexity index is 715. The van der Waals surface area contributed by atoms with Crippen molar-refractivity contribution >= 4 is 10.8 Å². The van der Waals surface area contributed by atoms with Gasteiger partial charge in [-0.15, -0.1) is 0 Å². The van der Waals surface area contributed by atoms with Gasteiger partial charge in [-0.1, -0.05) is 25.1 Å². The molecule has 1 unspecified atom stereocenters. The highest BCUT2D eigenvalue weighted by Crippen LogP contribution is 2.29. The molecule has 2 aromatic heterocycles. The first kappa shape index (κ1) is 12.8. The fourth-order valence-electron chi connectivity index (χ4n) is 2.45. The highest BCUT2D eigenvalue weighted by atomic mass is 16.3. The lowest BCUT2D eigenvalue weighted by Crippen LogP contribution is -2.28. The van der Waals surface area contributed by atoms with Gasteiger partial charge in [-0.3, -0.25) is 10.8 Å². The molecular weight excluding hydrogens is 250 g/mol. The van der Waals surface area contributed by atoms with Gasteiger partial charge < -0.3 is 4.42 Å². The van der Waals surface area contributed by atoms with E-state index in [0.29, 0.717) is 0 Å². The van der Waals surface area contributed by atoms with Crippen LogP contribution >= 0.6 is 0 Å². The van der Waals surface area contributed by atoms with Crippen LogP contribution < -0.4 is 11.3 Å². The number of hydrogen-bond acceptors (Lipinski definition) is 4. The predicted octanol–water partition coefficient (Wildman–Crippen LogP) is 2.94. The summed E-state index contributed by atoms with van der Waals surface area (Å²) in [6, 6.07) is 11.9. The molecule has 4 nitrogen and oxygen atoms in total. The van der Waals surface area contributed by atoms with Gasteiger partial charge in [0, 0.05) is 24.2 Å². The van der Waals surface area contributed by atoms with E-state index >= 15 is 0 Å². The van der Waals surface area contributed by atoms with Crippen molar-refractivity contribution in [3.05, 3.63) is 65.9 Å². The Morgan fingerprint density at radius 1 is 1.25 bits per heavy atom. The Balaban J connectivity index is 2.11. The van der Waals surface area contributed by atoms with Crippen molar-refractivity contribution in [1.82, 2.24) is 10.4 Å². The van der Waals surface area contributed by atoms with E-state index in [0.717, 1.165) is 34.3 Å². The van der Waals surface area contributed by atoms with Crippen LogP contribution in [-0.4, -0.2) is 4.98 Å². The minimum atomic E-state index is -0.178. The Morgan fingerprint density at radius 3 is 2.90 bits per heavy atom. The number of furan rings is 1. The van der Waals surface area contributed by atoms with Crippen LogP contribution in [0.25, 0.3) is 10.8 Å². The van der Waals surface area contributed by atoms with Crippen molar-refractivity contribution in [3.8, 4) is 0 Å². The van der Waals surface area contributed by atoms with Crippen molar-refractivity contribution in [2.45, 2.75) is 19.4 Å². The zero-order valence-corrected chi connectivity index (χ0v) is 11.3. The first-order valence-electron chi connectivity index (χ1n) is 6.71. The van der Waals surface area contributed by atoms with Crippen molar-refractivity contribution < 1.29 is 4.42 Å². The van der Waals surface area contributed by atoms with Gasteiger partial charge in [-0.25, -0.2) is 5.43 Å². The molecule has 0 fully saturated rings. The molecule has 0 aliphatic rings. The molecule has 0 amide bonds. The van der Waals surface area contributed by atoms with E-state index in [1.165, 1.54) is 0 Å². The van der Waals surface area contributed by atoms with Gasteiger partial charge in [0.2, 0.25) is 0 Å². The lowest BCUT2D eigenvalue weighted by atomic mass is 9.99. The van der Waals surface area contributed by atoms with Gasteiger partial charge in [0.1, 0.15) is 17.6 Å². The molecule has 4 heteroatoms. The van der Waals surface area contributed by atoms with Crippen LogP contribution in [0.4, 0.5) is 0 Å². The summed E-state index contributed by atoms with van der Waals surface area (Å²) in [6.07, 6.45) is 4.52. The van der Waals surface area contributed by atoms with Crippen LogP contribution in [0.2, 0.25) is 0 Å². The lowest BCUT2D eigenvalue weighted by molar-refractivity contribution is 0.426. The van der Waals surface area contributed by atoms with E-state index < -0.39 is 0 Å². The number of fused-ring (bicyclic) bond motifs is 1. The number of benzene rings is 1. The Morgan fingerprint density at radius 2 is 2.15 bits per heavy atom. The molecule has 0 saturated heterocycles. The average Bonchev–Trinajstić information content (AvgIpc) is 2.97. The molecule has 0 saturated carbocycles. The second-order valence-corrected chi connectivity index (χ2v) is 4.70. The fraction of sp³-hybridized carbons (Fsp3) is 0.188. The van der Waals surface area contributed by atoms with E-state index in [2.05, 4.69) is 23.4 Å². The minimum absolute atomic E-state index is 0.178. The summed E-state index contributed by atoms with van der Waals surface area (Å²) < 4.78 is 5.83. The fourth-order valence-corrected chi connectivity index (χ4v) is 2.45. The van der Waals surface area contributed by atoms with Crippen LogP contribution in [0, 0.1) is 0 Å². The summed E-state index contributed by atoms with van der Waals surface area (Å²) in [5.74, 6) is 7.53. The van der Waals surface area contributed by atoms with Crippen LogP contribution in [0.15, 0.2) is 53.2 Å². The maximum atomic E-state index is 5.83. The maximum Gasteiger partial charge on any atom is 0.126 e. The van der Waals surface area contributed by atoms with E-state index in [1.807, 2.05) is 36.5 Å². The average molecular weight is 267 g/mol. The maximum absolute atomic E-state index is 5.83. The Labute approximate surface area is 117 Å². The van der Waals surface area contributed by atoms with Gasteiger partial charge in [-0.05, 0) is 29.1 Å². The summed E-state index contributed by atoms with van der Waals surface area (Å²) in [5, 5.41) is 2.22. The zero-order valence-electron chi connectivity index (χ0n) is 11.3. The molecule has 2 heterocycles. The number of nitrogens with one attached hydrogen (secondary N) is 1. The standard InChI is InChI=1S/C16H17N3O/c1-2-12-6-7-15(20-12)16(19-17)13-5-3-4-11-8-9-18-10-14(11)13/h3-10,16,19H,2,17H2,1H3. The number of rotatable bonds is 4. The predicted molar refractivity (Wildman–Crippen MR) is 79.0 cm³/mol. The number of aryl methyl sites for hydroxylation is 1. The molecule has 3 aromatic rings. The first-order chi connectivity index (χ1) is 9.83. The molecule has 0 radical (unpaired) electrons. The zero-order chi connectivity index (χ0) is 13.9. The molecule has 0 aliphatic heterocycles. The molecule has 0 spiro atoms. The van der Waals surface area contributed by atoms with Gasteiger partial charge in [-0.2, -0.15) is 0 Å². The molecule has 0 aliphatic carbocycles. The second kappa shape index (κ2) is 5.45. The van der Waals surface area contributed by atoms with Crippen molar-refractivity contribution in [2.24, 2.45) is 5.84 Å². The third-order valence-corrected chi connectivity index (χ3v) is 3.51.